The summed E-state index contributed by atoms with van der Waals surface area (Å²) in [6.07, 6.45) is 1.000. The van der Waals surface area contributed by atoms with Crippen LogP contribution in [0.4, 0.5) is 5.69 Å². The lowest BCUT2D eigenvalue weighted by Gasteiger charge is -2.27. The maximum atomic E-state index is 6.12. The second-order valence-corrected chi connectivity index (χ2v) is 6.54. The van der Waals surface area contributed by atoms with Crippen LogP contribution in [0, 0.1) is 0 Å². The second-order valence-electron chi connectivity index (χ2n) is 6.54. The Hall–Kier alpha value is -1.76. The van der Waals surface area contributed by atoms with Gasteiger partial charge in [-0.2, -0.15) is 0 Å². The summed E-state index contributed by atoms with van der Waals surface area (Å²) in [7, 11) is 0. The molecule has 0 atom stereocenters. The molecule has 0 bridgehead atoms. The molecule has 0 aliphatic heterocycles. The molecule has 2 aromatic carbocycles. The lowest BCUT2D eigenvalue weighted by molar-refractivity contribution is 0.524. The average molecular weight is 267 g/mol. The van der Waals surface area contributed by atoms with Crippen LogP contribution in [0.25, 0.3) is 0 Å². The summed E-state index contributed by atoms with van der Waals surface area (Å²) < 4.78 is 0. The highest BCUT2D eigenvalue weighted by Gasteiger charge is 2.23. The van der Waals surface area contributed by atoms with E-state index in [2.05, 4.69) is 64.1 Å². The van der Waals surface area contributed by atoms with Crippen molar-refractivity contribution >= 4 is 5.69 Å². The smallest absolute Gasteiger partial charge is 0.0352 e. The molecule has 2 aromatic rings. The van der Waals surface area contributed by atoms with Crippen LogP contribution >= 0.6 is 0 Å². The summed E-state index contributed by atoms with van der Waals surface area (Å²) in [5.74, 6) is 0.585. The molecular weight excluding hydrogens is 242 g/mol. The molecule has 0 aromatic heterocycles. The highest BCUT2D eigenvalue weighted by atomic mass is 14.6. The first-order valence-electron chi connectivity index (χ1n) is 7.34. The quantitative estimate of drug-likeness (QED) is 0.782. The largest absolute Gasteiger partial charge is 0.398 e. The summed E-state index contributed by atoms with van der Waals surface area (Å²) in [6.45, 7) is 8.97. The van der Waals surface area contributed by atoms with Crippen LogP contribution in [0.3, 0.4) is 0 Å². The van der Waals surface area contributed by atoms with Gasteiger partial charge in [0, 0.05) is 5.69 Å². The van der Waals surface area contributed by atoms with Crippen LogP contribution in [0.5, 0.6) is 0 Å². The first-order chi connectivity index (χ1) is 9.40. The molecule has 0 fully saturated rings. The van der Waals surface area contributed by atoms with Crippen molar-refractivity contribution in [2.24, 2.45) is 0 Å². The molecule has 0 aliphatic rings. The Morgan fingerprint density at radius 1 is 0.950 bits per heavy atom. The minimum atomic E-state index is 0.0463. The number of anilines is 1. The molecule has 0 saturated heterocycles. The second kappa shape index (κ2) is 5.70. The first kappa shape index (κ1) is 14.6. The molecule has 2 rings (SSSR count). The molecule has 2 N–H and O–H groups in total. The summed E-state index contributed by atoms with van der Waals surface area (Å²) >= 11 is 0. The fourth-order valence-corrected chi connectivity index (χ4v) is 2.74. The predicted octanol–water partition coefficient (Wildman–Crippen LogP) is 4.91. The van der Waals surface area contributed by atoms with Gasteiger partial charge in [-0.05, 0) is 40.5 Å². The van der Waals surface area contributed by atoms with Gasteiger partial charge in [-0.15, -0.1) is 0 Å². The Bertz CT molecular complexity index is 565. The van der Waals surface area contributed by atoms with E-state index in [9.17, 15) is 0 Å². The zero-order valence-electron chi connectivity index (χ0n) is 13.0. The van der Waals surface area contributed by atoms with Gasteiger partial charge in [-0.3, -0.25) is 0 Å². The van der Waals surface area contributed by atoms with Gasteiger partial charge in [0.05, 0.1) is 0 Å². The number of nitrogens with two attached hydrogens (primary N) is 1. The Balaban J connectivity index is 2.22. The van der Waals surface area contributed by atoms with Crippen LogP contribution in [-0.4, -0.2) is 0 Å². The molecular formula is C19H25N. The monoisotopic (exact) mass is 267 g/mol. The molecule has 1 heteroatoms. The molecule has 1 nitrogen and oxygen atoms in total. The lowest BCUT2D eigenvalue weighted by Crippen LogP contribution is -2.22. The SMILES string of the molecule is CC(C)c1ccc(CC(C)(C)c2ccccc2N)cc1. The number of rotatable bonds is 4. The van der Waals surface area contributed by atoms with E-state index < -0.39 is 0 Å². The van der Waals surface area contributed by atoms with Crippen molar-refractivity contribution in [2.75, 3.05) is 5.73 Å². The third-order valence-electron chi connectivity index (χ3n) is 3.98. The van der Waals surface area contributed by atoms with Crippen LogP contribution in [-0.2, 0) is 11.8 Å². The van der Waals surface area contributed by atoms with Crippen LogP contribution in [0.2, 0.25) is 0 Å². The summed E-state index contributed by atoms with van der Waals surface area (Å²) in [6, 6.07) is 17.2. The van der Waals surface area contributed by atoms with Crippen molar-refractivity contribution in [1.82, 2.24) is 0 Å². The van der Waals surface area contributed by atoms with Gasteiger partial charge in [0.15, 0.2) is 0 Å². The molecule has 0 heterocycles. The van der Waals surface area contributed by atoms with Crippen molar-refractivity contribution in [3.05, 3.63) is 65.2 Å². The fourth-order valence-electron chi connectivity index (χ4n) is 2.74. The van der Waals surface area contributed by atoms with Crippen molar-refractivity contribution in [3.8, 4) is 0 Å². The third-order valence-corrected chi connectivity index (χ3v) is 3.98. The van der Waals surface area contributed by atoms with E-state index >= 15 is 0 Å². The zero-order chi connectivity index (χ0) is 14.8. The van der Waals surface area contributed by atoms with E-state index in [0.717, 1.165) is 12.1 Å². The Morgan fingerprint density at radius 2 is 1.55 bits per heavy atom. The van der Waals surface area contributed by atoms with Gasteiger partial charge < -0.3 is 5.73 Å². The Morgan fingerprint density at radius 3 is 2.10 bits per heavy atom. The van der Waals surface area contributed by atoms with E-state index in [1.807, 2.05) is 12.1 Å². The van der Waals surface area contributed by atoms with Crippen molar-refractivity contribution in [1.29, 1.82) is 0 Å². The maximum Gasteiger partial charge on any atom is 0.0352 e. The molecule has 0 amide bonds. The first-order valence-corrected chi connectivity index (χ1v) is 7.34. The van der Waals surface area contributed by atoms with Gasteiger partial charge in [-0.25, -0.2) is 0 Å². The molecule has 0 saturated carbocycles. The van der Waals surface area contributed by atoms with E-state index in [0.29, 0.717) is 5.92 Å². The standard InChI is InChI=1S/C19H25N/c1-14(2)16-11-9-15(10-12-16)13-19(3,4)17-7-5-6-8-18(17)20/h5-12,14H,13,20H2,1-4H3. The normalized spacial score (nSPS) is 11.8. The Kier molecular flexibility index (Phi) is 4.17. The van der Waals surface area contributed by atoms with Gasteiger partial charge in [0.25, 0.3) is 0 Å². The van der Waals surface area contributed by atoms with Gasteiger partial charge in [0.2, 0.25) is 0 Å². The molecule has 0 radical (unpaired) electrons. The highest BCUT2D eigenvalue weighted by Crippen LogP contribution is 2.31. The van der Waals surface area contributed by atoms with E-state index in [4.69, 9.17) is 5.73 Å². The molecule has 106 valence electrons. The van der Waals surface area contributed by atoms with Crippen LogP contribution < -0.4 is 5.73 Å². The van der Waals surface area contributed by atoms with Crippen LogP contribution in [0.1, 0.15) is 50.3 Å². The summed E-state index contributed by atoms with van der Waals surface area (Å²) in [4.78, 5) is 0. The predicted molar refractivity (Wildman–Crippen MR) is 88.1 cm³/mol. The fraction of sp³-hybridized carbons (Fsp3) is 0.368. The van der Waals surface area contributed by atoms with E-state index in [-0.39, 0.29) is 5.41 Å². The maximum absolute atomic E-state index is 6.12. The zero-order valence-corrected chi connectivity index (χ0v) is 13.0. The summed E-state index contributed by atoms with van der Waals surface area (Å²) in [5, 5.41) is 0. The van der Waals surface area contributed by atoms with Gasteiger partial charge in [-0.1, -0.05) is 70.2 Å². The highest BCUT2D eigenvalue weighted by molar-refractivity contribution is 5.50. The Labute approximate surface area is 122 Å². The number of benzene rings is 2. The van der Waals surface area contributed by atoms with Gasteiger partial charge >= 0.3 is 0 Å². The number of nitrogen functional groups attached to an aromatic ring is 1. The molecule has 0 unspecified atom stereocenters. The number of hydrogen-bond acceptors (Lipinski definition) is 1. The van der Waals surface area contributed by atoms with Crippen molar-refractivity contribution in [3.63, 3.8) is 0 Å². The molecule has 20 heavy (non-hydrogen) atoms. The number of hydrogen-bond donors (Lipinski definition) is 1. The minimum Gasteiger partial charge on any atom is -0.398 e. The third kappa shape index (κ3) is 3.22. The minimum absolute atomic E-state index is 0.0463. The van der Waals surface area contributed by atoms with Gasteiger partial charge in [0.1, 0.15) is 0 Å². The van der Waals surface area contributed by atoms with Crippen molar-refractivity contribution in [2.45, 2.75) is 45.4 Å². The number of para-hydroxylation sites is 1. The van der Waals surface area contributed by atoms with Crippen LogP contribution in [0.15, 0.2) is 48.5 Å². The topological polar surface area (TPSA) is 26.0 Å². The summed E-state index contributed by atoms with van der Waals surface area (Å²) in [5.41, 5.74) is 11.0. The van der Waals surface area contributed by atoms with E-state index in [1.165, 1.54) is 16.7 Å². The van der Waals surface area contributed by atoms with E-state index in [1.54, 1.807) is 0 Å². The molecule has 0 spiro atoms. The average Bonchev–Trinajstić information content (AvgIpc) is 2.39. The lowest BCUT2D eigenvalue weighted by atomic mass is 9.78. The van der Waals surface area contributed by atoms with Crippen molar-refractivity contribution < 1.29 is 0 Å². The molecule has 0 aliphatic carbocycles.